The summed E-state index contributed by atoms with van der Waals surface area (Å²) in [4.78, 5) is 16.1. The fraction of sp³-hybridized carbons (Fsp3) is 0.231. The van der Waals surface area contributed by atoms with Crippen molar-refractivity contribution in [1.29, 1.82) is 0 Å². The Morgan fingerprint density at radius 1 is 1.33 bits per heavy atom. The molecule has 15 heavy (non-hydrogen) atoms. The fourth-order valence-corrected chi connectivity index (χ4v) is 1.55. The van der Waals surface area contributed by atoms with Crippen LogP contribution in [0.4, 0.5) is 0 Å². The van der Waals surface area contributed by atoms with Crippen molar-refractivity contribution in [3.05, 3.63) is 53.4 Å². The van der Waals surface area contributed by atoms with Gasteiger partial charge in [0.15, 0.2) is 5.78 Å². The maximum absolute atomic E-state index is 12.0. The molecule has 0 unspecified atom stereocenters. The molecule has 0 radical (unpaired) electrons. The number of carbonyl (C=O) groups is 1. The Kier molecular flexibility index (Phi) is 2.77. The zero-order chi connectivity index (χ0) is 10.7. The summed E-state index contributed by atoms with van der Waals surface area (Å²) in [6.45, 7) is 1.91. The standard InChI is InChI=1S/C13H13NO/c1-10-7-8-12(9-14-10)13(15)11-5-3-2-4-6-11/h3,5-9H,2,4H2,1H3. The Labute approximate surface area is 89.3 Å². The molecule has 1 aliphatic rings. The van der Waals surface area contributed by atoms with E-state index in [1.165, 1.54) is 0 Å². The molecule has 1 heterocycles. The summed E-state index contributed by atoms with van der Waals surface area (Å²) in [5.41, 5.74) is 2.38. The van der Waals surface area contributed by atoms with Crippen molar-refractivity contribution >= 4 is 5.78 Å². The molecular formula is C13H13NO. The topological polar surface area (TPSA) is 30.0 Å². The summed E-state index contributed by atoms with van der Waals surface area (Å²) >= 11 is 0. The molecule has 1 aromatic rings. The van der Waals surface area contributed by atoms with Gasteiger partial charge in [0.25, 0.3) is 0 Å². The van der Waals surface area contributed by atoms with Crippen LogP contribution in [0.25, 0.3) is 0 Å². The number of aryl methyl sites for hydroxylation is 1. The highest BCUT2D eigenvalue weighted by molar-refractivity contribution is 6.10. The Bertz CT molecular complexity index is 426. The van der Waals surface area contributed by atoms with E-state index >= 15 is 0 Å². The number of hydrogen-bond donors (Lipinski definition) is 0. The van der Waals surface area contributed by atoms with Crippen LogP contribution in [0.2, 0.25) is 0 Å². The summed E-state index contributed by atoms with van der Waals surface area (Å²) in [6.07, 6.45) is 9.55. The van der Waals surface area contributed by atoms with Crippen LogP contribution in [0.1, 0.15) is 28.9 Å². The van der Waals surface area contributed by atoms with Crippen molar-refractivity contribution in [3.8, 4) is 0 Å². The van der Waals surface area contributed by atoms with Gasteiger partial charge in [0.05, 0.1) is 0 Å². The number of Topliss-reactive ketones (excluding diaryl/α,β-unsaturated/α-hetero) is 1. The second kappa shape index (κ2) is 4.22. The average molecular weight is 199 g/mol. The third-order valence-electron chi connectivity index (χ3n) is 2.43. The molecule has 2 heteroatoms. The van der Waals surface area contributed by atoms with E-state index in [1.807, 2.05) is 37.3 Å². The van der Waals surface area contributed by atoms with E-state index in [1.54, 1.807) is 6.20 Å². The highest BCUT2D eigenvalue weighted by Gasteiger charge is 2.10. The van der Waals surface area contributed by atoms with Crippen LogP contribution in [0.5, 0.6) is 0 Å². The lowest BCUT2D eigenvalue weighted by Gasteiger charge is -2.05. The number of ketones is 1. The van der Waals surface area contributed by atoms with E-state index in [0.717, 1.165) is 24.1 Å². The van der Waals surface area contributed by atoms with E-state index < -0.39 is 0 Å². The molecule has 2 nitrogen and oxygen atoms in total. The molecule has 0 saturated carbocycles. The third-order valence-corrected chi connectivity index (χ3v) is 2.43. The molecule has 2 rings (SSSR count). The predicted octanol–water partition coefficient (Wildman–Crippen LogP) is 2.85. The fourth-order valence-electron chi connectivity index (χ4n) is 1.55. The van der Waals surface area contributed by atoms with Gasteiger partial charge in [0.1, 0.15) is 0 Å². The minimum atomic E-state index is 0.0680. The number of nitrogens with zero attached hydrogens (tertiary/aromatic N) is 1. The van der Waals surface area contributed by atoms with Crippen LogP contribution in [0.15, 0.2) is 42.1 Å². The second-order valence-corrected chi connectivity index (χ2v) is 3.66. The SMILES string of the molecule is Cc1ccc(C(=O)C2=CCCC=C2)cn1. The summed E-state index contributed by atoms with van der Waals surface area (Å²) in [7, 11) is 0. The summed E-state index contributed by atoms with van der Waals surface area (Å²) in [6, 6.07) is 3.69. The zero-order valence-electron chi connectivity index (χ0n) is 8.73. The molecule has 1 aromatic heterocycles. The molecule has 0 saturated heterocycles. The largest absolute Gasteiger partial charge is 0.289 e. The van der Waals surface area contributed by atoms with Crippen LogP contribution in [0.3, 0.4) is 0 Å². The van der Waals surface area contributed by atoms with E-state index in [0.29, 0.717) is 5.56 Å². The zero-order valence-corrected chi connectivity index (χ0v) is 8.73. The number of carbonyl (C=O) groups excluding carboxylic acids is 1. The monoisotopic (exact) mass is 199 g/mol. The van der Waals surface area contributed by atoms with Crippen LogP contribution in [-0.4, -0.2) is 10.8 Å². The quantitative estimate of drug-likeness (QED) is 0.685. The molecule has 76 valence electrons. The van der Waals surface area contributed by atoms with Gasteiger partial charge >= 0.3 is 0 Å². The molecular weight excluding hydrogens is 186 g/mol. The molecule has 0 atom stereocenters. The molecule has 0 amide bonds. The van der Waals surface area contributed by atoms with Crippen molar-refractivity contribution in [2.24, 2.45) is 0 Å². The maximum atomic E-state index is 12.0. The van der Waals surface area contributed by atoms with E-state index in [9.17, 15) is 4.79 Å². The lowest BCUT2D eigenvalue weighted by atomic mass is 9.99. The molecule has 0 aliphatic heterocycles. The highest BCUT2D eigenvalue weighted by Crippen LogP contribution is 2.15. The Morgan fingerprint density at radius 3 is 2.80 bits per heavy atom. The van der Waals surface area contributed by atoms with Gasteiger partial charge in [-0.3, -0.25) is 9.78 Å². The predicted molar refractivity (Wildman–Crippen MR) is 59.8 cm³/mol. The van der Waals surface area contributed by atoms with E-state index in [4.69, 9.17) is 0 Å². The minimum Gasteiger partial charge on any atom is -0.289 e. The molecule has 0 fully saturated rings. The number of hydrogen-bond acceptors (Lipinski definition) is 2. The van der Waals surface area contributed by atoms with Crippen molar-refractivity contribution in [3.63, 3.8) is 0 Å². The van der Waals surface area contributed by atoms with Gasteiger partial charge in [0, 0.05) is 23.0 Å². The van der Waals surface area contributed by atoms with Crippen molar-refractivity contribution in [2.75, 3.05) is 0 Å². The van der Waals surface area contributed by atoms with Crippen molar-refractivity contribution in [2.45, 2.75) is 19.8 Å². The lowest BCUT2D eigenvalue weighted by molar-refractivity contribution is 0.103. The summed E-state index contributed by atoms with van der Waals surface area (Å²) in [5.74, 6) is 0.0680. The molecule has 0 spiro atoms. The number of pyridine rings is 1. The normalized spacial score (nSPS) is 14.9. The van der Waals surface area contributed by atoms with Crippen molar-refractivity contribution < 1.29 is 4.79 Å². The van der Waals surface area contributed by atoms with Crippen molar-refractivity contribution in [1.82, 2.24) is 4.98 Å². The lowest BCUT2D eigenvalue weighted by Crippen LogP contribution is -2.04. The number of allylic oxidation sites excluding steroid dienone is 4. The Balaban J connectivity index is 2.24. The van der Waals surface area contributed by atoms with Gasteiger partial charge in [-0.05, 0) is 31.9 Å². The van der Waals surface area contributed by atoms with Gasteiger partial charge in [0.2, 0.25) is 0 Å². The van der Waals surface area contributed by atoms with Gasteiger partial charge in [-0.1, -0.05) is 18.2 Å². The van der Waals surface area contributed by atoms with Crippen LogP contribution < -0.4 is 0 Å². The van der Waals surface area contributed by atoms with Gasteiger partial charge in [-0.15, -0.1) is 0 Å². The van der Waals surface area contributed by atoms with E-state index in [2.05, 4.69) is 4.98 Å². The molecule has 0 bridgehead atoms. The second-order valence-electron chi connectivity index (χ2n) is 3.66. The smallest absolute Gasteiger partial charge is 0.194 e. The highest BCUT2D eigenvalue weighted by atomic mass is 16.1. The van der Waals surface area contributed by atoms with Crippen LogP contribution >= 0.6 is 0 Å². The number of rotatable bonds is 2. The van der Waals surface area contributed by atoms with Gasteiger partial charge < -0.3 is 0 Å². The Hall–Kier alpha value is -1.70. The van der Waals surface area contributed by atoms with Crippen LogP contribution in [0, 0.1) is 6.92 Å². The first-order valence-corrected chi connectivity index (χ1v) is 5.11. The molecule has 1 aliphatic carbocycles. The summed E-state index contributed by atoms with van der Waals surface area (Å²) < 4.78 is 0. The minimum absolute atomic E-state index is 0.0680. The average Bonchev–Trinajstić information content (AvgIpc) is 2.30. The Morgan fingerprint density at radius 2 is 2.20 bits per heavy atom. The summed E-state index contributed by atoms with van der Waals surface area (Å²) in [5, 5.41) is 0. The third kappa shape index (κ3) is 2.21. The molecule has 0 N–H and O–H groups in total. The maximum Gasteiger partial charge on any atom is 0.194 e. The molecule has 0 aromatic carbocycles. The van der Waals surface area contributed by atoms with Gasteiger partial charge in [-0.25, -0.2) is 0 Å². The number of aromatic nitrogens is 1. The first kappa shape index (κ1) is 9.84. The van der Waals surface area contributed by atoms with Crippen LogP contribution in [-0.2, 0) is 0 Å². The van der Waals surface area contributed by atoms with Gasteiger partial charge in [-0.2, -0.15) is 0 Å². The first-order valence-electron chi connectivity index (χ1n) is 5.11. The first-order chi connectivity index (χ1) is 7.27. The van der Waals surface area contributed by atoms with E-state index in [-0.39, 0.29) is 5.78 Å².